The average Bonchev–Trinajstić information content (AvgIpc) is 2.46. The number of nitrogens with one attached hydrogen (secondary N) is 1. The van der Waals surface area contributed by atoms with Crippen LogP contribution >= 0.6 is 0 Å². The van der Waals surface area contributed by atoms with E-state index >= 15 is 0 Å². The molecule has 0 aromatic heterocycles. The minimum absolute atomic E-state index is 0.0494. The average molecular weight is 294 g/mol. The molecule has 1 fully saturated rings. The van der Waals surface area contributed by atoms with Gasteiger partial charge < -0.3 is 19.1 Å². The van der Waals surface area contributed by atoms with Gasteiger partial charge in [0.15, 0.2) is 6.61 Å². The van der Waals surface area contributed by atoms with Crippen molar-refractivity contribution < 1.29 is 23.9 Å². The van der Waals surface area contributed by atoms with Crippen molar-refractivity contribution in [1.82, 2.24) is 0 Å². The normalized spacial score (nSPS) is 17.2. The number of morpholine rings is 1. The van der Waals surface area contributed by atoms with Gasteiger partial charge in [-0.3, -0.25) is 0 Å². The first kappa shape index (κ1) is 15.8. The maximum Gasteiger partial charge on any atom is 0.344 e. The number of benzene rings is 1. The van der Waals surface area contributed by atoms with Gasteiger partial charge in [0.05, 0.1) is 13.2 Å². The molecule has 1 aliphatic rings. The second-order valence-electron chi connectivity index (χ2n) is 5.47. The van der Waals surface area contributed by atoms with E-state index in [0.29, 0.717) is 5.75 Å². The van der Waals surface area contributed by atoms with Gasteiger partial charge in [0, 0.05) is 0 Å². The lowest BCUT2D eigenvalue weighted by molar-refractivity contribution is -0.910. The van der Waals surface area contributed by atoms with E-state index in [4.69, 9.17) is 14.2 Å². The minimum Gasteiger partial charge on any atom is -0.482 e. The number of carbonyl (C=O) groups excluding carboxylic acids is 1. The second-order valence-corrected chi connectivity index (χ2v) is 5.47. The Morgan fingerprint density at radius 3 is 2.86 bits per heavy atom. The van der Waals surface area contributed by atoms with Crippen molar-refractivity contribution in [2.45, 2.75) is 20.0 Å². The van der Waals surface area contributed by atoms with E-state index in [1.807, 2.05) is 38.1 Å². The van der Waals surface area contributed by atoms with Crippen molar-refractivity contribution >= 4 is 5.97 Å². The monoisotopic (exact) mass is 294 g/mol. The number of rotatable bonds is 6. The molecule has 21 heavy (non-hydrogen) atoms. The number of esters is 1. The van der Waals surface area contributed by atoms with Gasteiger partial charge in [-0.15, -0.1) is 0 Å². The Labute approximate surface area is 125 Å². The Kier molecular flexibility index (Phi) is 6.02. The van der Waals surface area contributed by atoms with E-state index < -0.39 is 0 Å². The number of quaternary nitrogens is 1. The quantitative estimate of drug-likeness (QED) is 0.763. The Morgan fingerprint density at radius 1 is 1.38 bits per heavy atom. The largest absolute Gasteiger partial charge is 0.482 e. The smallest absolute Gasteiger partial charge is 0.344 e. The van der Waals surface area contributed by atoms with Crippen LogP contribution in [-0.4, -0.2) is 51.5 Å². The molecule has 1 saturated heterocycles. The molecule has 1 aromatic carbocycles. The van der Waals surface area contributed by atoms with Gasteiger partial charge in [-0.2, -0.15) is 0 Å². The van der Waals surface area contributed by atoms with Gasteiger partial charge in [-0.05, 0) is 31.5 Å². The number of carbonyl (C=O) groups is 1. The summed E-state index contributed by atoms with van der Waals surface area (Å²) in [6.45, 7) is 8.19. The fourth-order valence-electron chi connectivity index (χ4n) is 2.42. The minimum atomic E-state index is -0.323. The first-order valence-corrected chi connectivity index (χ1v) is 7.44. The van der Waals surface area contributed by atoms with Crippen LogP contribution in [0.25, 0.3) is 0 Å². The summed E-state index contributed by atoms with van der Waals surface area (Å²) in [6, 6.07) is 7.62. The van der Waals surface area contributed by atoms with Crippen molar-refractivity contribution in [2.75, 3.05) is 39.5 Å². The van der Waals surface area contributed by atoms with E-state index in [9.17, 15) is 4.79 Å². The summed E-state index contributed by atoms with van der Waals surface area (Å²) in [4.78, 5) is 13.2. The summed E-state index contributed by atoms with van der Waals surface area (Å²) in [6.07, 6.45) is -0.105. The summed E-state index contributed by atoms with van der Waals surface area (Å²) < 4.78 is 16.1. The van der Waals surface area contributed by atoms with Crippen LogP contribution in [0.15, 0.2) is 24.3 Å². The van der Waals surface area contributed by atoms with Crippen LogP contribution in [0.5, 0.6) is 5.75 Å². The molecule has 1 atom stereocenters. The van der Waals surface area contributed by atoms with E-state index in [1.165, 1.54) is 4.90 Å². The lowest BCUT2D eigenvalue weighted by Gasteiger charge is -2.26. The summed E-state index contributed by atoms with van der Waals surface area (Å²) in [5.74, 6) is 0.370. The molecule has 0 aliphatic carbocycles. The van der Waals surface area contributed by atoms with Crippen molar-refractivity contribution in [2.24, 2.45) is 0 Å². The third kappa shape index (κ3) is 5.73. The molecule has 2 rings (SSSR count). The van der Waals surface area contributed by atoms with E-state index in [2.05, 4.69) is 0 Å². The lowest BCUT2D eigenvalue weighted by atomic mass is 10.2. The molecule has 1 heterocycles. The maximum absolute atomic E-state index is 11.8. The molecule has 1 aromatic rings. The van der Waals surface area contributed by atoms with Gasteiger partial charge in [0.25, 0.3) is 0 Å². The first-order chi connectivity index (χ1) is 10.1. The van der Waals surface area contributed by atoms with Gasteiger partial charge in [-0.25, -0.2) is 4.79 Å². The summed E-state index contributed by atoms with van der Waals surface area (Å²) >= 11 is 0. The molecule has 0 bridgehead atoms. The van der Waals surface area contributed by atoms with Gasteiger partial charge >= 0.3 is 5.97 Å². The van der Waals surface area contributed by atoms with Crippen molar-refractivity contribution in [3.63, 3.8) is 0 Å². The van der Waals surface area contributed by atoms with Gasteiger partial charge in [0.1, 0.15) is 31.5 Å². The number of hydrogen-bond acceptors (Lipinski definition) is 4. The highest BCUT2D eigenvalue weighted by atomic mass is 16.6. The Morgan fingerprint density at radius 2 is 2.14 bits per heavy atom. The van der Waals surface area contributed by atoms with Crippen LogP contribution in [-0.2, 0) is 14.3 Å². The van der Waals surface area contributed by atoms with E-state index in [1.54, 1.807) is 0 Å². The molecule has 0 radical (unpaired) electrons. The van der Waals surface area contributed by atoms with Gasteiger partial charge in [-0.1, -0.05) is 12.1 Å². The SMILES string of the molecule is Cc1cccc(OCC(=O)O[C@H](C)C[NH+]2CCOCC2)c1. The predicted octanol–water partition coefficient (Wildman–Crippen LogP) is 0.221. The standard InChI is InChI=1S/C16H23NO4/c1-13-4-3-5-15(10-13)20-12-16(18)21-14(2)11-17-6-8-19-9-7-17/h3-5,10,14H,6-9,11-12H2,1-2H3/p+1/t14-/m1/s1. The zero-order valence-electron chi connectivity index (χ0n) is 12.8. The van der Waals surface area contributed by atoms with Crippen LogP contribution in [0.2, 0.25) is 0 Å². The number of aryl methyl sites for hydroxylation is 1. The third-order valence-corrected chi connectivity index (χ3v) is 3.45. The molecule has 0 spiro atoms. The molecule has 0 amide bonds. The molecule has 1 N–H and O–H groups in total. The third-order valence-electron chi connectivity index (χ3n) is 3.45. The summed E-state index contributed by atoms with van der Waals surface area (Å²) in [7, 11) is 0. The topological polar surface area (TPSA) is 49.2 Å². The Hall–Kier alpha value is -1.59. The highest BCUT2D eigenvalue weighted by Crippen LogP contribution is 2.12. The Balaban J connectivity index is 1.68. The second kappa shape index (κ2) is 8.00. The molecular weight excluding hydrogens is 270 g/mol. The van der Waals surface area contributed by atoms with Crippen molar-refractivity contribution in [3.8, 4) is 5.75 Å². The maximum atomic E-state index is 11.8. The van der Waals surface area contributed by atoms with Crippen LogP contribution < -0.4 is 9.64 Å². The first-order valence-electron chi connectivity index (χ1n) is 7.44. The zero-order valence-corrected chi connectivity index (χ0v) is 12.8. The summed E-state index contributed by atoms with van der Waals surface area (Å²) in [5.41, 5.74) is 1.10. The predicted molar refractivity (Wildman–Crippen MR) is 78.6 cm³/mol. The highest BCUT2D eigenvalue weighted by Gasteiger charge is 2.19. The van der Waals surface area contributed by atoms with Crippen molar-refractivity contribution in [1.29, 1.82) is 0 Å². The highest BCUT2D eigenvalue weighted by molar-refractivity contribution is 5.71. The molecular formula is C16H24NO4+. The summed E-state index contributed by atoms with van der Waals surface area (Å²) in [5, 5.41) is 0. The van der Waals surface area contributed by atoms with Crippen molar-refractivity contribution in [3.05, 3.63) is 29.8 Å². The Bertz CT molecular complexity index is 457. The molecule has 5 nitrogen and oxygen atoms in total. The lowest BCUT2D eigenvalue weighted by Crippen LogP contribution is -3.15. The van der Waals surface area contributed by atoms with Crippen LogP contribution in [0, 0.1) is 6.92 Å². The van der Waals surface area contributed by atoms with Crippen LogP contribution in [0.4, 0.5) is 0 Å². The van der Waals surface area contributed by atoms with E-state index in [-0.39, 0.29) is 18.7 Å². The molecule has 116 valence electrons. The van der Waals surface area contributed by atoms with E-state index in [0.717, 1.165) is 38.4 Å². The van der Waals surface area contributed by atoms with Crippen LogP contribution in [0.3, 0.4) is 0 Å². The molecule has 5 heteroatoms. The fraction of sp³-hybridized carbons (Fsp3) is 0.562. The molecule has 0 saturated carbocycles. The molecule has 1 aliphatic heterocycles. The zero-order chi connectivity index (χ0) is 15.1. The van der Waals surface area contributed by atoms with Gasteiger partial charge in [0.2, 0.25) is 0 Å². The number of hydrogen-bond donors (Lipinski definition) is 1. The molecule has 0 unspecified atom stereocenters. The number of ether oxygens (including phenoxy) is 3. The fourth-order valence-corrected chi connectivity index (χ4v) is 2.42. The van der Waals surface area contributed by atoms with Crippen LogP contribution in [0.1, 0.15) is 12.5 Å².